The molecule has 0 radical (unpaired) electrons. The number of aryl methyl sites for hydroxylation is 2. The van der Waals surface area contributed by atoms with E-state index in [4.69, 9.17) is 5.73 Å². The minimum Gasteiger partial charge on any atom is -0.397 e. The molecule has 4 rings (SSSR count). The van der Waals surface area contributed by atoms with Gasteiger partial charge in [-0.15, -0.1) is 11.3 Å². The summed E-state index contributed by atoms with van der Waals surface area (Å²) in [6.07, 6.45) is 0. The third kappa shape index (κ3) is 5.68. The van der Waals surface area contributed by atoms with Crippen LogP contribution in [0.25, 0.3) is 0 Å². The number of benzene rings is 3. The molecule has 5 N–H and O–H groups in total. The summed E-state index contributed by atoms with van der Waals surface area (Å²) in [7, 11) is 0. The number of anilines is 5. The van der Waals surface area contributed by atoms with Crippen molar-refractivity contribution in [1.29, 1.82) is 0 Å². The molecule has 4 aromatic rings. The number of hydrogen-bond acceptors (Lipinski definition) is 6. The molecule has 9 heteroatoms. The molecule has 0 spiro atoms. The maximum absolute atomic E-state index is 13.5. The Kier molecular flexibility index (Phi) is 7.35. The molecule has 0 bridgehead atoms. The van der Waals surface area contributed by atoms with Gasteiger partial charge in [-0.1, -0.05) is 30.3 Å². The third-order valence-corrected chi connectivity index (χ3v) is 6.85. The summed E-state index contributed by atoms with van der Waals surface area (Å²) in [6.45, 7) is 5.20. The summed E-state index contributed by atoms with van der Waals surface area (Å²) in [5.41, 5.74) is 10.3. The summed E-state index contributed by atoms with van der Waals surface area (Å²) < 4.78 is 13.4. The first-order valence-corrected chi connectivity index (χ1v) is 12.2. The highest BCUT2D eigenvalue weighted by atomic mass is 32.1. The van der Waals surface area contributed by atoms with Gasteiger partial charge in [-0.25, -0.2) is 4.39 Å². The van der Waals surface area contributed by atoms with Crippen LogP contribution in [0, 0.1) is 19.7 Å². The van der Waals surface area contributed by atoms with Crippen molar-refractivity contribution in [2.75, 3.05) is 21.7 Å². The zero-order chi connectivity index (χ0) is 26.7. The summed E-state index contributed by atoms with van der Waals surface area (Å²) in [6, 6.07) is 17.8. The van der Waals surface area contributed by atoms with Gasteiger partial charge >= 0.3 is 0 Å². The molecule has 0 atom stereocenters. The molecule has 0 fully saturated rings. The Bertz CT molecular complexity index is 1490. The van der Waals surface area contributed by atoms with Gasteiger partial charge in [0.15, 0.2) is 5.78 Å². The Morgan fingerprint density at radius 1 is 0.838 bits per heavy atom. The molecule has 2 amide bonds. The lowest BCUT2D eigenvalue weighted by Gasteiger charge is -2.13. The van der Waals surface area contributed by atoms with E-state index >= 15 is 0 Å². The molecule has 1 heterocycles. The molecule has 0 saturated carbocycles. The summed E-state index contributed by atoms with van der Waals surface area (Å²) in [5.74, 6) is -1.56. The third-order valence-electron chi connectivity index (χ3n) is 5.73. The summed E-state index contributed by atoms with van der Waals surface area (Å²) in [4.78, 5) is 38.5. The summed E-state index contributed by atoms with van der Waals surface area (Å²) >= 11 is 1.00. The van der Waals surface area contributed by atoms with Gasteiger partial charge < -0.3 is 21.7 Å². The number of ketones is 1. The van der Waals surface area contributed by atoms with Crippen LogP contribution < -0.4 is 21.7 Å². The van der Waals surface area contributed by atoms with Gasteiger partial charge in [-0.2, -0.15) is 0 Å². The van der Waals surface area contributed by atoms with Crippen LogP contribution >= 0.6 is 11.3 Å². The van der Waals surface area contributed by atoms with Crippen molar-refractivity contribution in [3.05, 3.63) is 99.7 Å². The Hall–Kier alpha value is -4.50. The minimum absolute atomic E-state index is 0.00132. The van der Waals surface area contributed by atoms with Crippen molar-refractivity contribution in [2.24, 2.45) is 0 Å². The van der Waals surface area contributed by atoms with E-state index in [0.29, 0.717) is 27.6 Å². The van der Waals surface area contributed by atoms with E-state index in [1.165, 1.54) is 31.2 Å². The molecular weight excluding hydrogens is 491 g/mol. The monoisotopic (exact) mass is 516 g/mol. The minimum atomic E-state index is -0.531. The maximum Gasteiger partial charge on any atom is 0.267 e. The Labute approximate surface area is 217 Å². The second-order valence-electron chi connectivity index (χ2n) is 8.49. The van der Waals surface area contributed by atoms with Gasteiger partial charge in [0.2, 0.25) is 0 Å². The first kappa shape index (κ1) is 25.6. The highest BCUT2D eigenvalue weighted by Crippen LogP contribution is 2.39. The van der Waals surface area contributed by atoms with Crippen LogP contribution in [0.4, 0.5) is 32.1 Å². The van der Waals surface area contributed by atoms with Crippen LogP contribution in [0.1, 0.15) is 48.4 Å². The molecule has 0 aliphatic heterocycles. The van der Waals surface area contributed by atoms with E-state index in [2.05, 4.69) is 16.0 Å². The standard InChI is InChI=1S/C28H25FN4O3S/c1-15-6-4-7-16(2)24(15)33-26(35)22-23(30)25(37-28(22)32-20-12-10-19(29)11-13-20)27(36)31-21-9-5-8-18(14-21)17(3)34/h4-14,32H,30H2,1-3H3,(H,31,36)(H,33,35). The van der Waals surface area contributed by atoms with Crippen molar-refractivity contribution in [3.8, 4) is 0 Å². The van der Waals surface area contributed by atoms with Crippen molar-refractivity contribution in [2.45, 2.75) is 20.8 Å². The van der Waals surface area contributed by atoms with Crippen LogP contribution in [-0.2, 0) is 0 Å². The molecule has 0 saturated heterocycles. The number of nitrogen functional groups attached to an aromatic ring is 1. The van der Waals surface area contributed by atoms with Gasteiger partial charge in [0.1, 0.15) is 15.7 Å². The van der Waals surface area contributed by atoms with E-state index in [-0.39, 0.29) is 21.9 Å². The predicted octanol–water partition coefficient (Wildman–Crippen LogP) is 6.54. The number of halogens is 1. The molecule has 188 valence electrons. The average Bonchev–Trinajstić information content (AvgIpc) is 3.18. The number of amides is 2. The number of nitrogens with two attached hydrogens (primary N) is 1. The van der Waals surface area contributed by atoms with Crippen molar-refractivity contribution in [1.82, 2.24) is 0 Å². The van der Waals surface area contributed by atoms with Gasteiger partial charge in [-0.05, 0) is 68.3 Å². The molecule has 7 nitrogen and oxygen atoms in total. The maximum atomic E-state index is 13.5. The lowest BCUT2D eigenvalue weighted by Crippen LogP contribution is -2.17. The lowest BCUT2D eigenvalue weighted by atomic mass is 10.1. The van der Waals surface area contributed by atoms with Crippen molar-refractivity contribution >= 4 is 56.7 Å². The van der Waals surface area contributed by atoms with Crippen LogP contribution in [0.5, 0.6) is 0 Å². The molecule has 1 aromatic heterocycles. The van der Waals surface area contributed by atoms with E-state index in [9.17, 15) is 18.8 Å². The van der Waals surface area contributed by atoms with E-state index in [1.54, 1.807) is 24.3 Å². The lowest BCUT2D eigenvalue weighted by molar-refractivity contribution is 0.101. The zero-order valence-corrected chi connectivity index (χ0v) is 21.3. The largest absolute Gasteiger partial charge is 0.397 e. The van der Waals surface area contributed by atoms with E-state index in [1.807, 2.05) is 32.0 Å². The zero-order valence-electron chi connectivity index (χ0n) is 20.4. The highest BCUT2D eigenvalue weighted by molar-refractivity contribution is 7.19. The number of carbonyl (C=O) groups excluding carboxylic acids is 3. The SMILES string of the molecule is CC(=O)c1cccc(NC(=O)c2sc(Nc3ccc(F)cc3)c(C(=O)Nc3c(C)cccc3C)c2N)c1. The van der Waals surface area contributed by atoms with Gasteiger partial charge in [-0.3, -0.25) is 14.4 Å². The smallest absolute Gasteiger partial charge is 0.267 e. The topological polar surface area (TPSA) is 113 Å². The number of nitrogens with one attached hydrogen (secondary N) is 3. The number of thiophene rings is 1. The van der Waals surface area contributed by atoms with Gasteiger partial charge in [0.05, 0.1) is 11.3 Å². The second kappa shape index (κ2) is 10.6. The Balaban J connectivity index is 1.71. The van der Waals surface area contributed by atoms with Crippen LogP contribution in [-0.4, -0.2) is 17.6 Å². The molecule has 0 unspecified atom stereocenters. The normalized spacial score (nSPS) is 10.6. The number of Topliss-reactive ketones (excluding diaryl/α,β-unsaturated/α-hetero) is 1. The average molecular weight is 517 g/mol. The van der Waals surface area contributed by atoms with Gasteiger partial charge in [0.25, 0.3) is 11.8 Å². The van der Waals surface area contributed by atoms with E-state index in [0.717, 1.165) is 22.5 Å². The molecule has 0 aliphatic carbocycles. The first-order chi connectivity index (χ1) is 17.6. The highest BCUT2D eigenvalue weighted by Gasteiger charge is 2.27. The number of carbonyl (C=O) groups is 3. The molecule has 37 heavy (non-hydrogen) atoms. The van der Waals surface area contributed by atoms with Crippen molar-refractivity contribution < 1.29 is 18.8 Å². The Morgan fingerprint density at radius 2 is 1.49 bits per heavy atom. The Morgan fingerprint density at radius 3 is 2.14 bits per heavy atom. The van der Waals surface area contributed by atoms with Gasteiger partial charge in [0, 0.05) is 22.6 Å². The number of hydrogen-bond donors (Lipinski definition) is 4. The first-order valence-electron chi connectivity index (χ1n) is 11.4. The fraction of sp³-hybridized carbons (Fsp3) is 0.107. The molecule has 3 aromatic carbocycles. The summed E-state index contributed by atoms with van der Waals surface area (Å²) in [5, 5.41) is 9.07. The fourth-order valence-corrected chi connectivity index (χ4v) is 4.82. The number of para-hydroxylation sites is 1. The van der Waals surface area contributed by atoms with Crippen LogP contribution in [0.15, 0.2) is 66.7 Å². The molecular formula is C28H25FN4O3S. The van der Waals surface area contributed by atoms with E-state index < -0.39 is 17.6 Å². The predicted molar refractivity (Wildman–Crippen MR) is 147 cm³/mol. The van der Waals surface area contributed by atoms with Crippen molar-refractivity contribution in [3.63, 3.8) is 0 Å². The second-order valence-corrected chi connectivity index (χ2v) is 9.51. The fourth-order valence-electron chi connectivity index (χ4n) is 3.78. The van der Waals surface area contributed by atoms with Crippen LogP contribution in [0.3, 0.4) is 0 Å². The van der Waals surface area contributed by atoms with Crippen LogP contribution in [0.2, 0.25) is 0 Å². The number of rotatable bonds is 7. The molecule has 0 aliphatic rings. The quantitative estimate of drug-likeness (QED) is 0.208.